The molecule has 0 amide bonds. The number of fused-ring (bicyclic) bond motifs is 1. The van der Waals surface area contributed by atoms with Crippen LogP contribution in [-0.4, -0.2) is 6.61 Å². The smallest absolute Gasteiger partial charge is 0.120 e. The van der Waals surface area contributed by atoms with Crippen LogP contribution in [0.3, 0.4) is 0 Å². The average Bonchev–Trinajstić information content (AvgIpc) is 2.26. The second kappa shape index (κ2) is 5.02. The van der Waals surface area contributed by atoms with Crippen LogP contribution in [0, 0.1) is 0 Å². The summed E-state index contributed by atoms with van der Waals surface area (Å²) < 4.78 is 6.43. The predicted octanol–water partition coefficient (Wildman–Crippen LogP) is 3.31. The average molecular weight is 282 g/mol. The molecule has 3 heteroatoms. The van der Waals surface area contributed by atoms with Gasteiger partial charge in [-0.05, 0) is 42.5 Å². The van der Waals surface area contributed by atoms with Gasteiger partial charge in [-0.2, -0.15) is 0 Å². The van der Waals surface area contributed by atoms with Crippen LogP contribution in [0.15, 0.2) is 29.3 Å². The summed E-state index contributed by atoms with van der Waals surface area (Å²) in [7, 11) is 0. The Hall–Kier alpha value is -0.800. The van der Waals surface area contributed by atoms with Crippen molar-refractivity contribution in [1.29, 1.82) is 0 Å². The van der Waals surface area contributed by atoms with Crippen LogP contribution in [0.25, 0.3) is 0 Å². The van der Waals surface area contributed by atoms with E-state index in [0.717, 1.165) is 23.1 Å². The van der Waals surface area contributed by atoms with E-state index in [1.54, 1.807) is 0 Å². The third-order valence-corrected chi connectivity index (χ3v) is 3.10. The van der Waals surface area contributed by atoms with Crippen molar-refractivity contribution in [2.45, 2.75) is 25.3 Å². The quantitative estimate of drug-likeness (QED) is 0.923. The first-order chi connectivity index (χ1) is 7.66. The number of nitrogens with two attached hydrogens (primary N) is 1. The molecule has 0 bridgehead atoms. The Bertz CT molecular complexity index is 403. The molecular weight excluding hydrogens is 266 g/mol. The summed E-state index contributed by atoms with van der Waals surface area (Å²) >= 11 is 3.28. The van der Waals surface area contributed by atoms with Gasteiger partial charge in [0.25, 0.3) is 0 Å². The maximum absolute atomic E-state index is 6.06. The van der Waals surface area contributed by atoms with Crippen LogP contribution in [0.1, 0.15) is 30.0 Å². The molecule has 0 fully saturated rings. The van der Waals surface area contributed by atoms with Crippen molar-refractivity contribution >= 4 is 15.9 Å². The Morgan fingerprint density at radius 2 is 2.38 bits per heavy atom. The van der Waals surface area contributed by atoms with E-state index < -0.39 is 0 Å². The topological polar surface area (TPSA) is 35.2 Å². The van der Waals surface area contributed by atoms with Gasteiger partial charge in [-0.3, -0.25) is 0 Å². The summed E-state index contributed by atoms with van der Waals surface area (Å²) in [5.41, 5.74) is 8.66. The minimum atomic E-state index is 0.198. The Morgan fingerprint density at radius 1 is 1.56 bits per heavy atom. The van der Waals surface area contributed by atoms with Gasteiger partial charge in [0.1, 0.15) is 12.4 Å². The number of rotatable bonds is 3. The Kier molecular flexibility index (Phi) is 3.66. The fraction of sp³-hybridized carbons (Fsp3) is 0.385. The molecule has 0 aliphatic heterocycles. The van der Waals surface area contributed by atoms with Gasteiger partial charge < -0.3 is 10.5 Å². The lowest BCUT2D eigenvalue weighted by Crippen LogP contribution is -2.17. The maximum atomic E-state index is 6.06. The van der Waals surface area contributed by atoms with Crippen molar-refractivity contribution in [3.63, 3.8) is 0 Å². The number of benzene rings is 1. The zero-order valence-electron chi connectivity index (χ0n) is 9.21. The van der Waals surface area contributed by atoms with Gasteiger partial charge in [0.15, 0.2) is 0 Å². The van der Waals surface area contributed by atoms with E-state index in [0.29, 0.717) is 6.61 Å². The lowest BCUT2D eigenvalue weighted by atomic mass is 9.88. The highest BCUT2D eigenvalue weighted by Gasteiger charge is 2.16. The summed E-state index contributed by atoms with van der Waals surface area (Å²) in [5.74, 6) is 0.897. The van der Waals surface area contributed by atoms with E-state index in [2.05, 4.69) is 34.6 Å². The van der Waals surface area contributed by atoms with E-state index in [4.69, 9.17) is 10.5 Å². The molecule has 1 aliphatic carbocycles. The molecular formula is C13H16BrNO. The number of hydrogen-bond acceptors (Lipinski definition) is 2. The van der Waals surface area contributed by atoms with Crippen molar-refractivity contribution in [1.82, 2.24) is 0 Å². The molecule has 1 unspecified atom stereocenters. The van der Waals surface area contributed by atoms with Crippen molar-refractivity contribution < 1.29 is 4.74 Å². The fourth-order valence-corrected chi connectivity index (χ4v) is 2.19. The van der Waals surface area contributed by atoms with Crippen molar-refractivity contribution in [3.05, 3.63) is 40.4 Å². The summed E-state index contributed by atoms with van der Waals surface area (Å²) in [6.45, 7) is 4.25. The molecule has 0 radical (unpaired) electrons. The Morgan fingerprint density at radius 3 is 3.12 bits per heavy atom. The molecule has 0 heterocycles. The molecule has 0 saturated heterocycles. The van der Waals surface area contributed by atoms with Crippen LogP contribution in [0.4, 0.5) is 0 Å². The van der Waals surface area contributed by atoms with Crippen LogP contribution in [0.2, 0.25) is 0 Å². The number of aryl methyl sites for hydroxylation is 1. The monoisotopic (exact) mass is 281 g/mol. The maximum Gasteiger partial charge on any atom is 0.120 e. The van der Waals surface area contributed by atoms with E-state index in [9.17, 15) is 0 Å². The Balaban J connectivity index is 2.15. The highest BCUT2D eigenvalue weighted by molar-refractivity contribution is 9.11. The van der Waals surface area contributed by atoms with Crippen molar-refractivity contribution in [2.75, 3.05) is 6.61 Å². The number of hydrogen-bond donors (Lipinski definition) is 1. The van der Waals surface area contributed by atoms with Gasteiger partial charge >= 0.3 is 0 Å². The standard InChI is InChI=1S/C13H16BrNO/c1-9(14)8-16-11-5-6-12-10(7-11)3-2-4-13(12)15/h5-7,13H,1-4,8,15H2. The van der Waals surface area contributed by atoms with Gasteiger partial charge in [-0.1, -0.05) is 28.6 Å². The zero-order chi connectivity index (χ0) is 11.5. The first-order valence-corrected chi connectivity index (χ1v) is 6.30. The van der Waals surface area contributed by atoms with Crippen LogP contribution in [0.5, 0.6) is 5.75 Å². The van der Waals surface area contributed by atoms with Crippen LogP contribution in [-0.2, 0) is 6.42 Å². The molecule has 0 aromatic heterocycles. The molecule has 1 aromatic carbocycles. The summed E-state index contributed by atoms with van der Waals surface area (Å²) in [5, 5.41) is 0. The SMILES string of the molecule is C=C(Br)COc1ccc2c(c1)CCCC2N. The van der Waals surface area contributed by atoms with Gasteiger partial charge in [-0.15, -0.1) is 0 Å². The Labute approximate surface area is 105 Å². The number of ether oxygens (including phenoxy) is 1. The fourth-order valence-electron chi connectivity index (χ4n) is 2.08. The minimum Gasteiger partial charge on any atom is -0.488 e. The molecule has 1 aromatic rings. The number of halogens is 1. The third kappa shape index (κ3) is 2.66. The summed E-state index contributed by atoms with van der Waals surface area (Å²) in [6.07, 6.45) is 3.36. The molecule has 0 saturated carbocycles. The van der Waals surface area contributed by atoms with Gasteiger partial charge in [0, 0.05) is 10.5 Å². The van der Waals surface area contributed by atoms with Gasteiger partial charge in [0.05, 0.1) is 0 Å². The molecule has 0 spiro atoms. The second-order valence-electron chi connectivity index (χ2n) is 4.17. The lowest BCUT2D eigenvalue weighted by molar-refractivity contribution is 0.360. The van der Waals surface area contributed by atoms with Crippen molar-refractivity contribution in [2.24, 2.45) is 5.73 Å². The van der Waals surface area contributed by atoms with Crippen molar-refractivity contribution in [3.8, 4) is 5.75 Å². The van der Waals surface area contributed by atoms with Crippen LogP contribution >= 0.6 is 15.9 Å². The van der Waals surface area contributed by atoms with E-state index in [-0.39, 0.29) is 6.04 Å². The molecule has 1 atom stereocenters. The molecule has 2 rings (SSSR count). The normalized spacial score (nSPS) is 19.0. The highest BCUT2D eigenvalue weighted by atomic mass is 79.9. The van der Waals surface area contributed by atoms with Gasteiger partial charge in [0.2, 0.25) is 0 Å². The lowest BCUT2D eigenvalue weighted by Gasteiger charge is -2.22. The minimum absolute atomic E-state index is 0.198. The molecule has 86 valence electrons. The molecule has 2 nitrogen and oxygen atoms in total. The molecule has 16 heavy (non-hydrogen) atoms. The third-order valence-electron chi connectivity index (χ3n) is 2.87. The zero-order valence-corrected chi connectivity index (χ0v) is 10.8. The summed E-state index contributed by atoms with van der Waals surface area (Å²) in [6, 6.07) is 6.37. The highest BCUT2D eigenvalue weighted by Crippen LogP contribution is 2.30. The van der Waals surface area contributed by atoms with E-state index >= 15 is 0 Å². The molecule has 1 aliphatic rings. The van der Waals surface area contributed by atoms with E-state index in [1.165, 1.54) is 17.5 Å². The first kappa shape index (κ1) is 11.7. The van der Waals surface area contributed by atoms with E-state index in [1.807, 2.05) is 6.07 Å². The first-order valence-electron chi connectivity index (χ1n) is 5.51. The largest absolute Gasteiger partial charge is 0.488 e. The second-order valence-corrected chi connectivity index (χ2v) is 5.29. The molecule has 2 N–H and O–H groups in total. The van der Waals surface area contributed by atoms with Crippen LogP contribution < -0.4 is 10.5 Å². The summed E-state index contributed by atoms with van der Waals surface area (Å²) in [4.78, 5) is 0. The predicted molar refractivity (Wildman–Crippen MR) is 69.9 cm³/mol. The van der Waals surface area contributed by atoms with Gasteiger partial charge in [-0.25, -0.2) is 0 Å².